The van der Waals surface area contributed by atoms with Crippen LogP contribution in [0, 0.1) is 40.9 Å². The van der Waals surface area contributed by atoms with Crippen molar-refractivity contribution in [2.24, 2.45) is 40.9 Å². The maximum absolute atomic E-state index is 10.1. The first-order valence-corrected chi connectivity index (χ1v) is 12.8. The third-order valence-corrected chi connectivity index (χ3v) is 9.49. The minimum absolute atomic E-state index is 0.114. The maximum atomic E-state index is 10.1. The normalized spacial score (nSPS) is 40.4. The van der Waals surface area contributed by atoms with Crippen LogP contribution in [0.3, 0.4) is 0 Å². The van der Waals surface area contributed by atoms with Crippen LogP contribution in [0.2, 0.25) is 0 Å². The Kier molecular flexibility index (Phi) is 7.74. The van der Waals surface area contributed by atoms with Gasteiger partial charge in [0, 0.05) is 0 Å². The van der Waals surface area contributed by atoms with Crippen molar-refractivity contribution in [2.75, 3.05) is 0 Å². The van der Waals surface area contributed by atoms with E-state index in [1.54, 1.807) is 5.57 Å². The molecule has 0 aliphatic heterocycles. The van der Waals surface area contributed by atoms with Crippen LogP contribution >= 0.6 is 0 Å². The van der Waals surface area contributed by atoms with Gasteiger partial charge in [0.15, 0.2) is 0 Å². The van der Waals surface area contributed by atoms with Crippen molar-refractivity contribution in [1.82, 2.24) is 0 Å². The molecular weight excluding hydrogens is 352 g/mol. The second kappa shape index (κ2) is 9.71. The van der Waals surface area contributed by atoms with Crippen LogP contribution in [0.25, 0.3) is 0 Å². The Morgan fingerprint density at radius 3 is 2.45 bits per heavy atom. The summed E-state index contributed by atoms with van der Waals surface area (Å²) in [5, 5.41) is 10.1. The second-order valence-corrected chi connectivity index (χ2v) is 11.7. The van der Waals surface area contributed by atoms with Crippen molar-refractivity contribution < 1.29 is 5.11 Å². The maximum Gasteiger partial charge on any atom is 0.0577 e. The zero-order chi connectivity index (χ0) is 21.2. The highest BCUT2D eigenvalue weighted by Gasteiger charge is 2.50. The minimum Gasteiger partial charge on any atom is -0.393 e. The molecule has 166 valence electrons. The molecular formula is C28H48O. The summed E-state index contributed by atoms with van der Waals surface area (Å²) in [5.74, 6) is 4.86. The van der Waals surface area contributed by atoms with Crippen molar-refractivity contribution in [2.45, 2.75) is 112 Å². The molecule has 29 heavy (non-hydrogen) atoms. The van der Waals surface area contributed by atoms with Crippen molar-refractivity contribution >= 4 is 0 Å². The number of rotatable bonds is 6. The van der Waals surface area contributed by atoms with Gasteiger partial charge in [-0.3, -0.25) is 0 Å². The highest BCUT2D eigenvalue weighted by atomic mass is 16.3. The topological polar surface area (TPSA) is 20.2 Å². The van der Waals surface area contributed by atoms with Gasteiger partial charge in [-0.15, -0.1) is 0 Å². The lowest BCUT2D eigenvalue weighted by molar-refractivity contribution is 0.0907. The van der Waals surface area contributed by atoms with E-state index in [1.165, 1.54) is 50.5 Å². The fourth-order valence-corrected chi connectivity index (χ4v) is 6.92. The van der Waals surface area contributed by atoms with Gasteiger partial charge >= 0.3 is 0 Å². The van der Waals surface area contributed by atoms with Gasteiger partial charge in [0.2, 0.25) is 0 Å². The zero-order valence-corrected chi connectivity index (χ0v) is 20.2. The fourth-order valence-electron chi connectivity index (χ4n) is 6.92. The van der Waals surface area contributed by atoms with E-state index in [4.69, 9.17) is 0 Å². The molecule has 3 rings (SSSR count). The quantitative estimate of drug-likeness (QED) is 0.479. The smallest absolute Gasteiger partial charge is 0.0577 e. The van der Waals surface area contributed by atoms with E-state index in [-0.39, 0.29) is 6.10 Å². The minimum atomic E-state index is -0.114. The summed E-state index contributed by atoms with van der Waals surface area (Å²) in [6.07, 6.45) is 17.5. The lowest BCUT2D eigenvalue weighted by Gasteiger charge is -2.44. The predicted molar refractivity (Wildman–Crippen MR) is 126 cm³/mol. The van der Waals surface area contributed by atoms with Crippen LogP contribution in [0.15, 0.2) is 23.3 Å². The van der Waals surface area contributed by atoms with E-state index in [9.17, 15) is 5.11 Å². The van der Waals surface area contributed by atoms with Gasteiger partial charge in [0.1, 0.15) is 0 Å². The van der Waals surface area contributed by atoms with E-state index >= 15 is 0 Å². The van der Waals surface area contributed by atoms with Gasteiger partial charge in [-0.2, -0.15) is 0 Å². The third kappa shape index (κ3) is 5.20. The number of fused-ring (bicyclic) bond motifs is 1. The lowest BCUT2D eigenvalue weighted by atomic mass is 9.60. The molecule has 3 aliphatic rings. The van der Waals surface area contributed by atoms with Crippen LogP contribution < -0.4 is 0 Å². The van der Waals surface area contributed by atoms with E-state index in [1.807, 2.05) is 0 Å². The van der Waals surface area contributed by atoms with E-state index in [0.717, 1.165) is 48.9 Å². The second-order valence-electron chi connectivity index (χ2n) is 11.7. The van der Waals surface area contributed by atoms with Crippen molar-refractivity contribution in [1.29, 1.82) is 0 Å². The summed E-state index contributed by atoms with van der Waals surface area (Å²) in [6, 6.07) is 0. The number of aliphatic hydroxyl groups excluding tert-OH is 1. The molecule has 0 saturated heterocycles. The first-order chi connectivity index (χ1) is 13.7. The summed E-state index contributed by atoms with van der Waals surface area (Å²) in [4.78, 5) is 0. The molecule has 0 radical (unpaired) electrons. The highest BCUT2D eigenvalue weighted by Crippen LogP contribution is 2.60. The van der Waals surface area contributed by atoms with E-state index in [2.05, 4.69) is 53.7 Å². The van der Waals surface area contributed by atoms with Gasteiger partial charge in [-0.05, 0) is 92.3 Å². The number of aliphatic hydroxyl groups is 1. The molecule has 3 fully saturated rings. The molecule has 1 nitrogen and oxygen atoms in total. The SMILES string of the molecule is CC(C)C(C)CC[C@@H](C)[C@H]1CC[C@H]2/C(=C/C=C3\C[C@@H](O)CC[C@@H]3C)CCC[C@]12C. The standard InChI is InChI=1S/C28H48O/c1-19(2)20(3)9-10-22(5)26-15-16-27-23(8-7-17-28(26,27)6)12-13-24-18-25(29)14-11-21(24)4/h12-13,19-22,25-27,29H,7-11,14-18H2,1-6H3/b23-12+,24-13+/t20?,21-,22+,25-,26+,27-,28+/m0/s1. The average molecular weight is 401 g/mol. The highest BCUT2D eigenvalue weighted by molar-refractivity contribution is 5.26. The molecule has 0 bridgehead atoms. The van der Waals surface area contributed by atoms with Crippen LogP contribution in [-0.4, -0.2) is 11.2 Å². The molecule has 1 heteroatoms. The fraction of sp³-hybridized carbons (Fsp3) is 0.857. The van der Waals surface area contributed by atoms with Crippen molar-refractivity contribution in [3.05, 3.63) is 23.3 Å². The first kappa shape index (κ1) is 23.1. The van der Waals surface area contributed by atoms with E-state index in [0.29, 0.717) is 11.3 Å². The molecule has 0 aromatic rings. The summed E-state index contributed by atoms with van der Waals surface area (Å²) in [5.41, 5.74) is 3.72. The number of hydrogen-bond acceptors (Lipinski definition) is 1. The Bertz CT molecular complexity index is 599. The largest absolute Gasteiger partial charge is 0.393 e. The van der Waals surface area contributed by atoms with E-state index < -0.39 is 0 Å². The molecule has 0 aromatic carbocycles. The molecule has 3 aliphatic carbocycles. The Morgan fingerprint density at radius 1 is 1.00 bits per heavy atom. The average Bonchev–Trinajstić information content (AvgIpc) is 3.04. The third-order valence-electron chi connectivity index (χ3n) is 9.49. The first-order valence-electron chi connectivity index (χ1n) is 12.8. The lowest BCUT2D eigenvalue weighted by Crippen LogP contribution is -2.36. The van der Waals surface area contributed by atoms with Gasteiger partial charge in [-0.25, -0.2) is 0 Å². The Hall–Kier alpha value is -0.560. The monoisotopic (exact) mass is 400 g/mol. The summed E-state index contributed by atoms with van der Waals surface area (Å²) in [7, 11) is 0. The molecule has 0 spiro atoms. The molecule has 0 aromatic heterocycles. The summed E-state index contributed by atoms with van der Waals surface area (Å²) < 4.78 is 0. The van der Waals surface area contributed by atoms with Crippen molar-refractivity contribution in [3.8, 4) is 0 Å². The molecule has 3 saturated carbocycles. The van der Waals surface area contributed by atoms with Crippen LogP contribution in [0.5, 0.6) is 0 Å². The molecule has 7 atom stereocenters. The van der Waals surface area contributed by atoms with Crippen LogP contribution in [0.4, 0.5) is 0 Å². The van der Waals surface area contributed by atoms with Gasteiger partial charge < -0.3 is 5.11 Å². The van der Waals surface area contributed by atoms with Gasteiger partial charge in [0.25, 0.3) is 0 Å². The van der Waals surface area contributed by atoms with Gasteiger partial charge in [0.05, 0.1) is 6.10 Å². The summed E-state index contributed by atoms with van der Waals surface area (Å²) >= 11 is 0. The molecule has 1 unspecified atom stereocenters. The number of allylic oxidation sites excluding steroid dienone is 3. The zero-order valence-electron chi connectivity index (χ0n) is 20.2. The summed E-state index contributed by atoms with van der Waals surface area (Å²) in [6.45, 7) is 14.7. The Labute approximate surface area is 181 Å². The molecule has 1 N–H and O–H groups in total. The Balaban J connectivity index is 1.69. The Morgan fingerprint density at radius 2 is 1.72 bits per heavy atom. The van der Waals surface area contributed by atoms with Crippen LogP contribution in [0.1, 0.15) is 106 Å². The van der Waals surface area contributed by atoms with Crippen LogP contribution in [-0.2, 0) is 0 Å². The predicted octanol–water partition coefficient (Wildman–Crippen LogP) is 7.94. The molecule has 0 amide bonds. The molecule has 0 heterocycles. The number of hydrogen-bond donors (Lipinski definition) is 1. The van der Waals surface area contributed by atoms with Gasteiger partial charge in [-0.1, -0.05) is 77.7 Å². The van der Waals surface area contributed by atoms with Crippen molar-refractivity contribution in [3.63, 3.8) is 0 Å².